The summed E-state index contributed by atoms with van der Waals surface area (Å²) in [5.74, 6) is -0.486. The molecule has 0 spiro atoms. The minimum atomic E-state index is -0.438. The van der Waals surface area contributed by atoms with E-state index in [1.165, 1.54) is 34.9 Å². The van der Waals surface area contributed by atoms with Crippen LogP contribution in [0.1, 0.15) is 25.7 Å². The number of carbonyl (C=O) groups is 3. The predicted octanol–water partition coefficient (Wildman–Crippen LogP) is 2.64. The smallest absolute Gasteiger partial charge is 0.243 e. The molecule has 0 aromatic heterocycles. The van der Waals surface area contributed by atoms with Gasteiger partial charge in [-0.05, 0) is 31.0 Å². The first kappa shape index (κ1) is 21.3. The van der Waals surface area contributed by atoms with E-state index in [4.69, 9.17) is 12.2 Å². The molecule has 0 aliphatic carbocycles. The summed E-state index contributed by atoms with van der Waals surface area (Å²) in [6.07, 6.45) is 2.59. The van der Waals surface area contributed by atoms with Crippen molar-refractivity contribution in [3.8, 4) is 0 Å². The van der Waals surface area contributed by atoms with E-state index in [0.29, 0.717) is 35.1 Å². The highest BCUT2D eigenvalue weighted by Gasteiger charge is 2.25. The highest BCUT2D eigenvalue weighted by molar-refractivity contribution is 8.23. The van der Waals surface area contributed by atoms with E-state index in [0.717, 1.165) is 12.8 Å². The Kier molecular flexibility index (Phi) is 8.18. The second kappa shape index (κ2) is 10.4. The number of nitrogens with one attached hydrogen (secondary N) is 1. The van der Waals surface area contributed by atoms with Gasteiger partial charge in [-0.3, -0.25) is 19.3 Å². The van der Waals surface area contributed by atoms with Crippen LogP contribution in [-0.2, 0) is 14.4 Å². The number of amides is 3. The molecule has 9 heteroatoms. The number of rotatable bonds is 9. The molecule has 146 valence electrons. The van der Waals surface area contributed by atoms with Crippen LogP contribution in [0.15, 0.2) is 24.3 Å². The van der Waals surface area contributed by atoms with Crippen molar-refractivity contribution >= 4 is 51.7 Å². The van der Waals surface area contributed by atoms with Crippen molar-refractivity contribution in [1.29, 1.82) is 0 Å². The zero-order valence-electron chi connectivity index (χ0n) is 15.1. The van der Waals surface area contributed by atoms with Crippen LogP contribution in [0.2, 0.25) is 0 Å². The van der Waals surface area contributed by atoms with Crippen molar-refractivity contribution in [1.82, 2.24) is 9.80 Å². The summed E-state index contributed by atoms with van der Waals surface area (Å²) < 4.78 is 13.7. The highest BCUT2D eigenvalue weighted by atomic mass is 32.2. The molecule has 0 bridgehead atoms. The van der Waals surface area contributed by atoms with Crippen LogP contribution in [0.25, 0.3) is 0 Å². The molecular weight excluding hydrogens is 389 g/mol. The van der Waals surface area contributed by atoms with Gasteiger partial charge < -0.3 is 10.2 Å². The zero-order valence-corrected chi connectivity index (χ0v) is 16.7. The highest BCUT2D eigenvalue weighted by Crippen LogP contribution is 2.20. The van der Waals surface area contributed by atoms with E-state index in [1.807, 2.05) is 0 Å². The van der Waals surface area contributed by atoms with Crippen LogP contribution in [0.4, 0.5) is 10.1 Å². The largest absolute Gasteiger partial charge is 0.336 e. The number of carbonyl (C=O) groups excluding carboxylic acids is 3. The lowest BCUT2D eigenvalue weighted by Crippen LogP contribution is -2.34. The van der Waals surface area contributed by atoms with Gasteiger partial charge in [-0.25, -0.2) is 4.39 Å². The van der Waals surface area contributed by atoms with Crippen LogP contribution in [-0.4, -0.2) is 57.7 Å². The molecule has 1 aliphatic rings. The molecule has 1 fully saturated rings. The maximum absolute atomic E-state index is 13.1. The number of hydrogen-bond acceptors (Lipinski definition) is 5. The molecule has 27 heavy (non-hydrogen) atoms. The van der Waals surface area contributed by atoms with Gasteiger partial charge in [0.05, 0.1) is 12.3 Å². The number of unbranched alkanes of at least 4 members (excludes halogenated alkanes) is 2. The first-order valence-electron chi connectivity index (χ1n) is 8.63. The van der Waals surface area contributed by atoms with E-state index in [1.54, 1.807) is 18.0 Å². The normalized spacial score (nSPS) is 13.8. The quantitative estimate of drug-likeness (QED) is 0.500. The van der Waals surface area contributed by atoms with Gasteiger partial charge in [0.15, 0.2) is 0 Å². The van der Waals surface area contributed by atoms with Gasteiger partial charge in [0.1, 0.15) is 10.1 Å². The molecular formula is C18H22FN3O3S2. The molecule has 1 aromatic carbocycles. The summed E-state index contributed by atoms with van der Waals surface area (Å²) in [7, 11) is 1.56. The predicted molar refractivity (Wildman–Crippen MR) is 108 cm³/mol. The second-order valence-corrected chi connectivity index (χ2v) is 7.83. The lowest BCUT2D eigenvalue weighted by Gasteiger charge is -2.17. The van der Waals surface area contributed by atoms with Gasteiger partial charge in [0.2, 0.25) is 17.7 Å². The number of thiocarbonyl (C=S) groups is 1. The molecule has 1 N–H and O–H groups in total. The van der Waals surface area contributed by atoms with Gasteiger partial charge >= 0.3 is 0 Å². The average molecular weight is 412 g/mol. The van der Waals surface area contributed by atoms with Crippen LogP contribution in [0, 0.1) is 5.82 Å². The Labute approximate surface area is 167 Å². The SMILES string of the molecule is CN(CC(=O)Nc1cccc(F)c1)C(=O)CCCCCN1C(=O)CSC1=S. The average Bonchev–Trinajstić information content (AvgIpc) is 2.92. The van der Waals surface area contributed by atoms with Gasteiger partial charge in [-0.1, -0.05) is 36.5 Å². The third-order valence-electron chi connectivity index (χ3n) is 4.03. The Hall–Kier alpha value is -2.00. The molecule has 1 aromatic rings. The minimum absolute atomic E-state index is 0.0464. The molecule has 0 radical (unpaired) electrons. The zero-order chi connectivity index (χ0) is 19.8. The number of hydrogen-bond donors (Lipinski definition) is 1. The number of thioether (sulfide) groups is 1. The Morgan fingerprint density at radius 1 is 1.33 bits per heavy atom. The molecule has 1 saturated heterocycles. The maximum Gasteiger partial charge on any atom is 0.243 e. The standard InChI is InChI=1S/C18H22FN3O3S2/c1-21(11-15(23)20-14-7-5-6-13(19)10-14)16(24)8-3-2-4-9-22-17(25)12-27-18(22)26/h5-7,10H,2-4,8-9,11-12H2,1H3,(H,20,23). The van der Waals surface area contributed by atoms with Crippen molar-refractivity contribution in [3.63, 3.8) is 0 Å². The third-order valence-corrected chi connectivity index (χ3v) is 5.46. The Morgan fingerprint density at radius 2 is 2.11 bits per heavy atom. The van der Waals surface area contributed by atoms with Crippen LogP contribution in [0.5, 0.6) is 0 Å². The van der Waals surface area contributed by atoms with Gasteiger partial charge in [0, 0.05) is 25.7 Å². The fourth-order valence-corrected chi connectivity index (χ4v) is 3.70. The molecule has 0 atom stereocenters. The van der Waals surface area contributed by atoms with Crippen LogP contribution >= 0.6 is 24.0 Å². The summed E-state index contributed by atoms with van der Waals surface area (Å²) >= 11 is 6.50. The monoisotopic (exact) mass is 411 g/mol. The number of anilines is 1. The van der Waals surface area contributed by atoms with E-state index in [-0.39, 0.29) is 24.3 Å². The molecule has 0 unspecified atom stereocenters. The summed E-state index contributed by atoms with van der Waals surface area (Å²) in [6.45, 7) is 0.494. The van der Waals surface area contributed by atoms with Crippen molar-refractivity contribution in [2.45, 2.75) is 25.7 Å². The summed E-state index contributed by atoms with van der Waals surface area (Å²) in [4.78, 5) is 38.6. The first-order chi connectivity index (χ1) is 12.9. The van der Waals surface area contributed by atoms with Gasteiger partial charge in [-0.2, -0.15) is 0 Å². The Bertz CT molecular complexity index is 714. The maximum atomic E-state index is 13.1. The molecule has 1 aliphatic heterocycles. The topological polar surface area (TPSA) is 69.7 Å². The molecule has 1 heterocycles. The van der Waals surface area contributed by atoms with Crippen LogP contribution in [0.3, 0.4) is 0 Å². The van der Waals surface area contributed by atoms with E-state index < -0.39 is 5.82 Å². The van der Waals surface area contributed by atoms with Crippen molar-refractivity contribution in [2.24, 2.45) is 0 Å². The second-order valence-electron chi connectivity index (χ2n) is 6.22. The molecule has 0 saturated carbocycles. The number of benzene rings is 1. The van der Waals surface area contributed by atoms with Gasteiger partial charge in [-0.15, -0.1) is 0 Å². The minimum Gasteiger partial charge on any atom is -0.336 e. The van der Waals surface area contributed by atoms with E-state index in [2.05, 4.69) is 5.32 Å². The summed E-state index contributed by atoms with van der Waals surface area (Å²) in [6, 6.07) is 5.59. The fraction of sp³-hybridized carbons (Fsp3) is 0.444. The summed E-state index contributed by atoms with van der Waals surface area (Å²) in [5, 5.41) is 2.56. The van der Waals surface area contributed by atoms with E-state index in [9.17, 15) is 18.8 Å². The van der Waals surface area contributed by atoms with Crippen molar-refractivity contribution in [3.05, 3.63) is 30.1 Å². The van der Waals surface area contributed by atoms with E-state index >= 15 is 0 Å². The Morgan fingerprint density at radius 3 is 2.78 bits per heavy atom. The third kappa shape index (κ3) is 6.91. The number of nitrogens with zero attached hydrogens (tertiary/aromatic N) is 2. The van der Waals surface area contributed by atoms with Gasteiger partial charge in [0.25, 0.3) is 0 Å². The molecule has 6 nitrogen and oxygen atoms in total. The molecule has 2 rings (SSSR count). The number of likely N-dealkylation sites (N-methyl/N-ethyl adjacent to an activating group) is 1. The Balaban J connectivity index is 1.62. The number of halogens is 1. The lowest BCUT2D eigenvalue weighted by molar-refractivity contribution is -0.133. The van der Waals surface area contributed by atoms with Crippen molar-refractivity contribution < 1.29 is 18.8 Å². The lowest BCUT2D eigenvalue weighted by atomic mass is 10.1. The van der Waals surface area contributed by atoms with Crippen molar-refractivity contribution in [2.75, 3.05) is 31.2 Å². The summed E-state index contributed by atoms with van der Waals surface area (Å²) in [5.41, 5.74) is 0.355. The van der Waals surface area contributed by atoms with Crippen LogP contribution < -0.4 is 5.32 Å². The first-order valence-corrected chi connectivity index (χ1v) is 10.0. The fourth-order valence-electron chi connectivity index (χ4n) is 2.58. The molecule has 3 amide bonds.